The summed E-state index contributed by atoms with van der Waals surface area (Å²) in [7, 11) is 2.16. The van der Waals surface area contributed by atoms with Crippen LogP contribution in [0.2, 0.25) is 0 Å². The number of pyridine rings is 1. The Morgan fingerprint density at radius 1 is 1.50 bits per heavy atom. The Bertz CT molecular complexity index is 371. The Labute approximate surface area is 109 Å². The van der Waals surface area contributed by atoms with Crippen LogP contribution in [0.4, 0.5) is 0 Å². The fourth-order valence-corrected chi connectivity index (χ4v) is 2.76. The first-order valence-electron chi connectivity index (χ1n) is 6.58. The second-order valence-electron chi connectivity index (χ2n) is 5.28. The average molecular weight is 249 g/mol. The van der Waals surface area contributed by atoms with E-state index in [2.05, 4.69) is 36.0 Å². The second kappa shape index (κ2) is 5.78. The maximum absolute atomic E-state index is 6.05. The molecule has 4 nitrogen and oxygen atoms in total. The highest BCUT2D eigenvalue weighted by atomic mass is 16.5. The van der Waals surface area contributed by atoms with E-state index in [1.165, 1.54) is 5.56 Å². The smallest absolute Gasteiger partial charge is 0.0565 e. The Hall–Kier alpha value is -0.970. The molecule has 1 aliphatic heterocycles. The van der Waals surface area contributed by atoms with Gasteiger partial charge in [-0.3, -0.25) is 9.88 Å². The largest absolute Gasteiger partial charge is 0.378 e. The zero-order chi connectivity index (χ0) is 13.0. The molecule has 2 rings (SSSR count). The molecule has 2 N–H and O–H groups in total. The SMILES string of the molecule is CC1CC(CN)(N(C)Cc2ccncc2)CCO1. The van der Waals surface area contributed by atoms with Gasteiger partial charge in [-0.1, -0.05) is 0 Å². The Morgan fingerprint density at radius 2 is 2.22 bits per heavy atom. The molecule has 0 aromatic carbocycles. The molecule has 2 unspecified atom stereocenters. The molecular weight excluding hydrogens is 226 g/mol. The lowest BCUT2D eigenvalue weighted by molar-refractivity contribution is -0.0584. The fourth-order valence-electron chi connectivity index (χ4n) is 2.76. The van der Waals surface area contributed by atoms with E-state index < -0.39 is 0 Å². The Kier molecular flexibility index (Phi) is 4.32. The van der Waals surface area contributed by atoms with Gasteiger partial charge in [0.2, 0.25) is 0 Å². The number of ether oxygens (including phenoxy) is 1. The molecule has 1 aromatic rings. The van der Waals surface area contributed by atoms with E-state index in [-0.39, 0.29) is 5.54 Å². The molecule has 0 spiro atoms. The molecule has 0 radical (unpaired) electrons. The molecule has 18 heavy (non-hydrogen) atoms. The van der Waals surface area contributed by atoms with E-state index in [0.29, 0.717) is 12.6 Å². The first kappa shape index (κ1) is 13.5. The van der Waals surface area contributed by atoms with Crippen molar-refractivity contribution in [3.05, 3.63) is 30.1 Å². The summed E-state index contributed by atoms with van der Waals surface area (Å²) in [4.78, 5) is 6.43. The van der Waals surface area contributed by atoms with Crippen molar-refractivity contribution in [3.8, 4) is 0 Å². The van der Waals surface area contributed by atoms with Crippen molar-refractivity contribution < 1.29 is 4.74 Å². The van der Waals surface area contributed by atoms with Gasteiger partial charge in [-0.2, -0.15) is 0 Å². The number of hydrogen-bond donors (Lipinski definition) is 1. The topological polar surface area (TPSA) is 51.4 Å². The van der Waals surface area contributed by atoms with Gasteiger partial charge in [-0.25, -0.2) is 0 Å². The molecule has 0 saturated carbocycles. The van der Waals surface area contributed by atoms with Crippen LogP contribution in [0.1, 0.15) is 25.3 Å². The van der Waals surface area contributed by atoms with Gasteiger partial charge in [-0.05, 0) is 44.5 Å². The number of nitrogens with two attached hydrogens (primary N) is 1. The van der Waals surface area contributed by atoms with Crippen LogP contribution >= 0.6 is 0 Å². The van der Waals surface area contributed by atoms with Gasteiger partial charge < -0.3 is 10.5 Å². The zero-order valence-corrected chi connectivity index (χ0v) is 11.3. The third kappa shape index (κ3) is 2.88. The minimum Gasteiger partial charge on any atom is -0.378 e. The first-order valence-corrected chi connectivity index (χ1v) is 6.58. The summed E-state index contributed by atoms with van der Waals surface area (Å²) in [5.74, 6) is 0. The van der Waals surface area contributed by atoms with Crippen LogP contribution in [0.5, 0.6) is 0 Å². The highest BCUT2D eigenvalue weighted by Crippen LogP contribution is 2.30. The predicted octanol–water partition coefficient (Wildman–Crippen LogP) is 1.41. The average Bonchev–Trinajstić information content (AvgIpc) is 2.39. The lowest BCUT2D eigenvalue weighted by atomic mass is 9.85. The predicted molar refractivity (Wildman–Crippen MR) is 72.1 cm³/mol. The van der Waals surface area contributed by atoms with Gasteiger partial charge >= 0.3 is 0 Å². The molecule has 0 amide bonds. The lowest BCUT2D eigenvalue weighted by Gasteiger charge is -2.46. The number of hydrogen-bond acceptors (Lipinski definition) is 4. The third-order valence-corrected chi connectivity index (χ3v) is 4.00. The number of aromatic nitrogens is 1. The highest BCUT2D eigenvalue weighted by Gasteiger charge is 2.37. The summed E-state index contributed by atoms with van der Waals surface area (Å²) >= 11 is 0. The van der Waals surface area contributed by atoms with E-state index in [4.69, 9.17) is 10.5 Å². The molecule has 100 valence electrons. The molecule has 0 bridgehead atoms. The maximum atomic E-state index is 6.05. The van der Waals surface area contributed by atoms with Crippen LogP contribution in [0.15, 0.2) is 24.5 Å². The van der Waals surface area contributed by atoms with Crippen LogP contribution in [0, 0.1) is 0 Å². The second-order valence-corrected chi connectivity index (χ2v) is 5.28. The summed E-state index contributed by atoms with van der Waals surface area (Å²) in [6.07, 6.45) is 5.98. The van der Waals surface area contributed by atoms with Crippen molar-refractivity contribution in [2.75, 3.05) is 20.2 Å². The van der Waals surface area contributed by atoms with Crippen molar-refractivity contribution >= 4 is 0 Å². The van der Waals surface area contributed by atoms with E-state index in [9.17, 15) is 0 Å². The first-order chi connectivity index (χ1) is 8.66. The van der Waals surface area contributed by atoms with Crippen LogP contribution < -0.4 is 5.73 Å². The fraction of sp³-hybridized carbons (Fsp3) is 0.643. The van der Waals surface area contributed by atoms with Gasteiger partial charge in [-0.15, -0.1) is 0 Å². The molecular formula is C14H23N3O. The molecule has 0 aliphatic carbocycles. The van der Waals surface area contributed by atoms with E-state index in [1.807, 2.05) is 12.4 Å². The molecule has 1 saturated heterocycles. The van der Waals surface area contributed by atoms with Crippen molar-refractivity contribution in [2.45, 2.75) is 38.0 Å². The standard InChI is InChI=1S/C14H23N3O/c1-12-9-14(11-15,5-8-18-12)17(2)10-13-3-6-16-7-4-13/h3-4,6-7,12H,5,8-11,15H2,1-2H3. The van der Waals surface area contributed by atoms with Gasteiger partial charge in [0.25, 0.3) is 0 Å². The molecule has 2 heterocycles. The molecule has 2 atom stereocenters. The number of rotatable bonds is 4. The highest BCUT2D eigenvalue weighted by molar-refractivity contribution is 5.10. The monoisotopic (exact) mass is 249 g/mol. The zero-order valence-electron chi connectivity index (χ0n) is 11.3. The van der Waals surface area contributed by atoms with E-state index in [1.54, 1.807) is 0 Å². The molecule has 1 aliphatic rings. The number of nitrogens with zero attached hydrogens (tertiary/aromatic N) is 2. The van der Waals surface area contributed by atoms with Crippen LogP contribution in [-0.2, 0) is 11.3 Å². The van der Waals surface area contributed by atoms with Crippen molar-refractivity contribution in [3.63, 3.8) is 0 Å². The quantitative estimate of drug-likeness (QED) is 0.876. The Morgan fingerprint density at radius 3 is 2.83 bits per heavy atom. The minimum atomic E-state index is 0.0704. The van der Waals surface area contributed by atoms with Crippen LogP contribution in [-0.4, -0.2) is 41.7 Å². The summed E-state index contributed by atoms with van der Waals surface area (Å²) in [6, 6.07) is 4.12. The molecule has 1 aromatic heterocycles. The van der Waals surface area contributed by atoms with Crippen molar-refractivity contribution in [1.29, 1.82) is 0 Å². The maximum Gasteiger partial charge on any atom is 0.0565 e. The van der Waals surface area contributed by atoms with Crippen molar-refractivity contribution in [2.24, 2.45) is 5.73 Å². The van der Waals surface area contributed by atoms with Crippen LogP contribution in [0.25, 0.3) is 0 Å². The van der Waals surface area contributed by atoms with Gasteiger partial charge in [0.15, 0.2) is 0 Å². The molecule has 4 heteroatoms. The van der Waals surface area contributed by atoms with Gasteiger partial charge in [0, 0.05) is 37.6 Å². The van der Waals surface area contributed by atoms with Gasteiger partial charge in [0.05, 0.1) is 6.10 Å². The van der Waals surface area contributed by atoms with Crippen LogP contribution in [0.3, 0.4) is 0 Å². The lowest BCUT2D eigenvalue weighted by Crippen LogP contribution is -2.56. The number of likely N-dealkylation sites (N-methyl/N-ethyl adjacent to an activating group) is 1. The normalized spacial score (nSPS) is 28.6. The summed E-state index contributed by atoms with van der Waals surface area (Å²) in [5, 5.41) is 0. The van der Waals surface area contributed by atoms with Crippen molar-refractivity contribution in [1.82, 2.24) is 9.88 Å². The third-order valence-electron chi connectivity index (χ3n) is 4.00. The summed E-state index contributed by atoms with van der Waals surface area (Å²) in [6.45, 7) is 4.53. The Balaban J connectivity index is 2.07. The van der Waals surface area contributed by atoms with Gasteiger partial charge in [0.1, 0.15) is 0 Å². The summed E-state index contributed by atoms with van der Waals surface area (Å²) < 4.78 is 5.64. The van der Waals surface area contributed by atoms with E-state index >= 15 is 0 Å². The summed E-state index contributed by atoms with van der Waals surface area (Å²) in [5.41, 5.74) is 7.39. The molecule has 1 fully saturated rings. The van der Waals surface area contributed by atoms with E-state index in [0.717, 1.165) is 26.0 Å². The minimum absolute atomic E-state index is 0.0704.